The van der Waals surface area contributed by atoms with Gasteiger partial charge in [-0.1, -0.05) is 43.1 Å². The van der Waals surface area contributed by atoms with Crippen molar-refractivity contribution in [3.63, 3.8) is 0 Å². The van der Waals surface area contributed by atoms with Crippen molar-refractivity contribution < 1.29 is 9.21 Å². The molecule has 180 valence electrons. The summed E-state index contributed by atoms with van der Waals surface area (Å²) in [6.45, 7) is 10.3. The summed E-state index contributed by atoms with van der Waals surface area (Å²) in [6, 6.07) is 19.7. The molecule has 1 aliphatic heterocycles. The van der Waals surface area contributed by atoms with Gasteiger partial charge < -0.3 is 14.2 Å². The lowest BCUT2D eigenvalue weighted by molar-refractivity contribution is 0.0527. The molecule has 1 aliphatic rings. The third-order valence-electron chi connectivity index (χ3n) is 6.70. The number of rotatable bonds is 8. The van der Waals surface area contributed by atoms with Crippen molar-refractivity contribution in [3.05, 3.63) is 82.6 Å². The van der Waals surface area contributed by atoms with Gasteiger partial charge in [-0.15, -0.1) is 0 Å². The first kappa shape index (κ1) is 24.6. The first-order valence-corrected chi connectivity index (χ1v) is 12.7. The number of halogens is 1. The van der Waals surface area contributed by atoms with Crippen molar-refractivity contribution in [1.82, 2.24) is 9.80 Å². The molecular formula is C29H35ClN2O2. The Balaban J connectivity index is 1.51. The minimum absolute atomic E-state index is 0.0741. The molecule has 0 aliphatic carbocycles. The number of aryl methyl sites for hydroxylation is 1. The lowest BCUT2D eigenvalue weighted by Crippen LogP contribution is -2.47. The molecule has 0 bridgehead atoms. The molecule has 0 spiro atoms. The van der Waals surface area contributed by atoms with Crippen molar-refractivity contribution in [1.29, 1.82) is 0 Å². The minimum atomic E-state index is 0.0741. The number of carbonyl (C=O) groups excluding carboxylic acids is 1. The number of likely N-dealkylation sites (tertiary alicyclic amines) is 1. The maximum Gasteiger partial charge on any atom is 0.254 e. The van der Waals surface area contributed by atoms with Crippen LogP contribution >= 0.6 is 11.6 Å². The average molecular weight is 479 g/mol. The van der Waals surface area contributed by atoms with Crippen molar-refractivity contribution >= 4 is 17.5 Å². The first-order valence-electron chi connectivity index (χ1n) is 12.3. The van der Waals surface area contributed by atoms with Crippen LogP contribution in [0.3, 0.4) is 0 Å². The van der Waals surface area contributed by atoms with E-state index in [4.69, 9.17) is 16.0 Å². The largest absolute Gasteiger partial charge is 0.459 e. The third-order valence-corrected chi connectivity index (χ3v) is 6.95. The number of benzene rings is 2. The highest BCUT2D eigenvalue weighted by Gasteiger charge is 2.29. The van der Waals surface area contributed by atoms with Crippen molar-refractivity contribution in [2.24, 2.45) is 5.92 Å². The van der Waals surface area contributed by atoms with Crippen LogP contribution in [0.4, 0.5) is 0 Å². The van der Waals surface area contributed by atoms with Crippen LogP contribution in [0.1, 0.15) is 54.8 Å². The highest BCUT2D eigenvalue weighted by Crippen LogP contribution is 2.27. The molecular weight excluding hydrogens is 444 g/mol. The van der Waals surface area contributed by atoms with E-state index in [0.29, 0.717) is 17.5 Å². The molecule has 0 saturated carbocycles. The molecule has 4 rings (SSSR count). The summed E-state index contributed by atoms with van der Waals surface area (Å²) in [6.07, 6.45) is 3.19. The Morgan fingerprint density at radius 2 is 1.71 bits per heavy atom. The van der Waals surface area contributed by atoms with Crippen LogP contribution in [0, 0.1) is 12.8 Å². The van der Waals surface area contributed by atoms with Gasteiger partial charge in [0.1, 0.15) is 11.5 Å². The van der Waals surface area contributed by atoms with Crippen LogP contribution in [0.5, 0.6) is 0 Å². The molecule has 2 aromatic carbocycles. The smallest absolute Gasteiger partial charge is 0.254 e. The molecule has 0 atom stereocenters. The fourth-order valence-electron chi connectivity index (χ4n) is 4.52. The molecule has 0 unspecified atom stereocenters. The van der Waals surface area contributed by atoms with E-state index in [1.807, 2.05) is 72.5 Å². The molecule has 1 aromatic heterocycles. The summed E-state index contributed by atoms with van der Waals surface area (Å²) in [5.74, 6) is 2.38. The van der Waals surface area contributed by atoms with E-state index < -0.39 is 0 Å². The summed E-state index contributed by atoms with van der Waals surface area (Å²) in [5, 5.41) is 0.699. The maximum absolute atomic E-state index is 13.6. The van der Waals surface area contributed by atoms with Crippen LogP contribution in [0.15, 0.2) is 65.1 Å². The van der Waals surface area contributed by atoms with Crippen LogP contribution in [0.25, 0.3) is 11.3 Å². The van der Waals surface area contributed by atoms with Gasteiger partial charge in [0.25, 0.3) is 5.91 Å². The van der Waals surface area contributed by atoms with Gasteiger partial charge in [-0.25, -0.2) is 0 Å². The predicted octanol–water partition coefficient (Wildman–Crippen LogP) is 7.06. The Hall–Kier alpha value is -2.56. The summed E-state index contributed by atoms with van der Waals surface area (Å²) in [7, 11) is 0. The van der Waals surface area contributed by atoms with Crippen LogP contribution in [-0.4, -0.2) is 41.4 Å². The van der Waals surface area contributed by atoms with E-state index in [9.17, 15) is 4.79 Å². The predicted molar refractivity (Wildman–Crippen MR) is 139 cm³/mol. The number of furan rings is 1. The van der Waals surface area contributed by atoms with E-state index in [0.717, 1.165) is 60.7 Å². The molecule has 2 heterocycles. The van der Waals surface area contributed by atoms with Gasteiger partial charge in [0, 0.05) is 35.3 Å². The quantitative estimate of drug-likeness (QED) is 0.347. The molecule has 5 heteroatoms. The molecule has 34 heavy (non-hydrogen) atoms. The van der Waals surface area contributed by atoms with E-state index in [-0.39, 0.29) is 11.9 Å². The van der Waals surface area contributed by atoms with E-state index in [2.05, 4.69) is 18.7 Å². The van der Waals surface area contributed by atoms with Crippen LogP contribution < -0.4 is 0 Å². The zero-order chi connectivity index (χ0) is 24.1. The SMILES string of the molecule is Cc1ccc(C(=O)N(Cc2ccc(-c3ccc(Cl)cc3)o2)C2CCN(CCC(C)C)CC2)cc1. The lowest BCUT2D eigenvalue weighted by atomic mass is 10.0. The Bertz CT molecular complexity index is 1060. The molecule has 0 radical (unpaired) electrons. The average Bonchev–Trinajstić information content (AvgIpc) is 3.31. The summed E-state index contributed by atoms with van der Waals surface area (Å²) in [5.41, 5.74) is 2.86. The maximum atomic E-state index is 13.6. The Morgan fingerprint density at radius 3 is 2.35 bits per heavy atom. The van der Waals surface area contributed by atoms with E-state index >= 15 is 0 Å². The minimum Gasteiger partial charge on any atom is -0.459 e. The van der Waals surface area contributed by atoms with Crippen molar-refractivity contribution in [3.8, 4) is 11.3 Å². The normalized spacial score (nSPS) is 15.1. The second-order valence-electron chi connectivity index (χ2n) is 9.83. The summed E-state index contributed by atoms with van der Waals surface area (Å²) in [4.78, 5) is 18.2. The summed E-state index contributed by atoms with van der Waals surface area (Å²) >= 11 is 6.03. The third kappa shape index (κ3) is 6.31. The molecule has 3 aromatic rings. The number of hydrogen-bond donors (Lipinski definition) is 0. The zero-order valence-electron chi connectivity index (χ0n) is 20.5. The number of carbonyl (C=O) groups is 1. The Kier molecular flexibility index (Phi) is 8.12. The van der Waals surface area contributed by atoms with Crippen LogP contribution in [0.2, 0.25) is 5.02 Å². The Labute approximate surface area is 208 Å². The number of amides is 1. The summed E-state index contributed by atoms with van der Waals surface area (Å²) < 4.78 is 6.17. The van der Waals surface area contributed by atoms with Crippen molar-refractivity contribution in [2.45, 2.75) is 52.6 Å². The van der Waals surface area contributed by atoms with Gasteiger partial charge >= 0.3 is 0 Å². The second kappa shape index (κ2) is 11.2. The number of nitrogens with zero attached hydrogens (tertiary/aromatic N) is 2. The van der Waals surface area contributed by atoms with Gasteiger partial charge in [-0.3, -0.25) is 4.79 Å². The second-order valence-corrected chi connectivity index (χ2v) is 10.3. The molecule has 1 fully saturated rings. The van der Waals surface area contributed by atoms with Gasteiger partial charge in [-0.2, -0.15) is 0 Å². The van der Waals surface area contributed by atoms with E-state index in [1.54, 1.807) is 0 Å². The monoisotopic (exact) mass is 478 g/mol. The Morgan fingerprint density at radius 1 is 1.03 bits per heavy atom. The number of hydrogen-bond acceptors (Lipinski definition) is 3. The first-order chi connectivity index (χ1) is 16.4. The standard InChI is InChI=1S/C29H35ClN2O2/c1-21(2)14-17-31-18-15-26(16-19-31)32(29(33)24-6-4-22(3)5-7-24)20-27-12-13-28(34-27)23-8-10-25(30)11-9-23/h4-13,21,26H,14-20H2,1-3H3. The topological polar surface area (TPSA) is 36.7 Å². The lowest BCUT2D eigenvalue weighted by Gasteiger charge is -2.38. The van der Waals surface area contributed by atoms with Gasteiger partial charge in [-0.05, 0) is 87.2 Å². The van der Waals surface area contributed by atoms with Gasteiger partial charge in [0.15, 0.2) is 0 Å². The highest BCUT2D eigenvalue weighted by atomic mass is 35.5. The zero-order valence-corrected chi connectivity index (χ0v) is 21.2. The highest BCUT2D eigenvalue weighted by molar-refractivity contribution is 6.30. The molecule has 4 nitrogen and oxygen atoms in total. The fraction of sp³-hybridized carbons (Fsp3) is 0.414. The van der Waals surface area contributed by atoms with E-state index in [1.165, 1.54) is 6.42 Å². The van der Waals surface area contributed by atoms with Gasteiger partial charge in [0.2, 0.25) is 0 Å². The van der Waals surface area contributed by atoms with Crippen molar-refractivity contribution in [2.75, 3.05) is 19.6 Å². The van der Waals surface area contributed by atoms with Crippen LogP contribution in [-0.2, 0) is 6.54 Å². The molecule has 1 saturated heterocycles. The van der Waals surface area contributed by atoms with Gasteiger partial charge in [0.05, 0.1) is 6.54 Å². The fourth-order valence-corrected chi connectivity index (χ4v) is 4.65. The molecule has 1 amide bonds. The number of piperidine rings is 1. The molecule has 0 N–H and O–H groups in total.